The fourth-order valence-corrected chi connectivity index (χ4v) is 1.90. The van der Waals surface area contributed by atoms with Crippen molar-refractivity contribution < 1.29 is 9.90 Å². The number of nitrogens with zero attached hydrogens (tertiary/aromatic N) is 1. The van der Waals surface area contributed by atoms with Gasteiger partial charge >= 0.3 is 5.97 Å². The first-order valence-electron chi connectivity index (χ1n) is 4.59. The number of rotatable bonds is 4. The number of carboxylic acids is 1. The van der Waals surface area contributed by atoms with Crippen molar-refractivity contribution >= 4 is 21.9 Å². The lowest BCUT2D eigenvalue weighted by atomic mass is 10.3. The van der Waals surface area contributed by atoms with Crippen LogP contribution in [0.3, 0.4) is 0 Å². The van der Waals surface area contributed by atoms with E-state index in [4.69, 9.17) is 5.11 Å². The van der Waals surface area contributed by atoms with Gasteiger partial charge in [-0.15, -0.1) is 0 Å². The van der Waals surface area contributed by atoms with E-state index >= 15 is 0 Å². The summed E-state index contributed by atoms with van der Waals surface area (Å²) in [4.78, 5) is 21.9. The van der Waals surface area contributed by atoms with Crippen molar-refractivity contribution in [2.45, 2.75) is 26.3 Å². The quantitative estimate of drug-likeness (QED) is 0.910. The van der Waals surface area contributed by atoms with E-state index in [1.54, 1.807) is 19.2 Å². The van der Waals surface area contributed by atoms with Gasteiger partial charge in [0.1, 0.15) is 0 Å². The SMILES string of the molecule is Cc1cc(Br)cn(CCCC(=O)O)c1=O. The van der Waals surface area contributed by atoms with Crippen LogP contribution < -0.4 is 5.56 Å². The zero-order chi connectivity index (χ0) is 11.4. The molecule has 1 N–H and O–H groups in total. The minimum absolute atomic E-state index is 0.0661. The third kappa shape index (κ3) is 3.51. The van der Waals surface area contributed by atoms with Crippen LogP contribution in [0, 0.1) is 6.92 Å². The smallest absolute Gasteiger partial charge is 0.303 e. The van der Waals surface area contributed by atoms with Gasteiger partial charge in [0.15, 0.2) is 0 Å². The molecule has 0 spiro atoms. The molecule has 0 unspecified atom stereocenters. The van der Waals surface area contributed by atoms with E-state index in [0.29, 0.717) is 18.5 Å². The molecule has 82 valence electrons. The highest BCUT2D eigenvalue weighted by molar-refractivity contribution is 9.10. The van der Waals surface area contributed by atoms with Crippen LogP contribution in [0.1, 0.15) is 18.4 Å². The summed E-state index contributed by atoms with van der Waals surface area (Å²) in [6, 6.07) is 1.75. The van der Waals surface area contributed by atoms with Gasteiger partial charge in [0.05, 0.1) is 0 Å². The van der Waals surface area contributed by atoms with Crippen LogP contribution >= 0.6 is 15.9 Å². The van der Waals surface area contributed by atoms with E-state index in [1.807, 2.05) is 0 Å². The predicted molar refractivity (Wildman–Crippen MR) is 60.0 cm³/mol. The molecule has 0 atom stereocenters. The normalized spacial score (nSPS) is 10.3. The van der Waals surface area contributed by atoms with Crippen molar-refractivity contribution in [2.75, 3.05) is 0 Å². The maximum atomic E-state index is 11.6. The molecular formula is C10H12BrNO3. The molecule has 1 rings (SSSR count). The van der Waals surface area contributed by atoms with Gasteiger partial charge in [-0.2, -0.15) is 0 Å². The molecule has 0 aliphatic heterocycles. The fourth-order valence-electron chi connectivity index (χ4n) is 1.31. The Labute approximate surface area is 95.7 Å². The third-order valence-corrected chi connectivity index (χ3v) is 2.46. The number of aliphatic carboxylic acids is 1. The van der Waals surface area contributed by atoms with Gasteiger partial charge in [0.25, 0.3) is 5.56 Å². The molecule has 0 saturated carbocycles. The average molecular weight is 274 g/mol. The second-order valence-electron chi connectivity index (χ2n) is 3.34. The highest BCUT2D eigenvalue weighted by atomic mass is 79.9. The van der Waals surface area contributed by atoms with Gasteiger partial charge in [-0.25, -0.2) is 0 Å². The number of pyridine rings is 1. The number of aryl methyl sites for hydroxylation is 2. The van der Waals surface area contributed by atoms with E-state index in [2.05, 4.69) is 15.9 Å². The fraction of sp³-hybridized carbons (Fsp3) is 0.400. The lowest BCUT2D eigenvalue weighted by molar-refractivity contribution is -0.137. The Balaban J connectivity index is 2.77. The number of carbonyl (C=O) groups is 1. The summed E-state index contributed by atoms with van der Waals surface area (Å²) in [5, 5.41) is 8.47. The summed E-state index contributed by atoms with van der Waals surface area (Å²) >= 11 is 3.29. The largest absolute Gasteiger partial charge is 0.481 e. The van der Waals surface area contributed by atoms with E-state index in [1.165, 1.54) is 4.57 Å². The number of carboxylic acid groups (broad SMARTS) is 1. The summed E-state index contributed by atoms with van der Waals surface area (Å²) in [5.74, 6) is -0.838. The molecule has 1 aromatic heterocycles. The van der Waals surface area contributed by atoms with Crippen molar-refractivity contribution in [3.05, 3.63) is 32.7 Å². The Bertz CT molecular complexity index is 425. The molecule has 0 radical (unpaired) electrons. The van der Waals surface area contributed by atoms with Crippen molar-refractivity contribution in [2.24, 2.45) is 0 Å². The van der Waals surface area contributed by atoms with E-state index in [9.17, 15) is 9.59 Å². The number of halogens is 1. The third-order valence-electron chi connectivity index (χ3n) is 2.02. The summed E-state index contributed by atoms with van der Waals surface area (Å²) < 4.78 is 2.36. The molecule has 0 fully saturated rings. The molecule has 0 aromatic carbocycles. The van der Waals surface area contributed by atoms with E-state index in [-0.39, 0.29) is 12.0 Å². The maximum absolute atomic E-state index is 11.6. The molecule has 4 nitrogen and oxygen atoms in total. The second-order valence-corrected chi connectivity index (χ2v) is 4.25. The zero-order valence-corrected chi connectivity index (χ0v) is 9.95. The highest BCUT2D eigenvalue weighted by Crippen LogP contribution is 2.08. The molecular weight excluding hydrogens is 262 g/mol. The Hall–Kier alpha value is -1.10. The molecule has 1 aromatic rings. The summed E-state index contributed by atoms with van der Waals surface area (Å²) in [6.07, 6.45) is 2.22. The van der Waals surface area contributed by atoms with Crippen molar-refractivity contribution in [1.29, 1.82) is 0 Å². The molecule has 0 bridgehead atoms. The second kappa shape index (κ2) is 5.11. The predicted octanol–water partition coefficient (Wildman–Crippen LogP) is 1.78. The maximum Gasteiger partial charge on any atom is 0.303 e. The minimum Gasteiger partial charge on any atom is -0.481 e. The van der Waals surface area contributed by atoms with Crippen LogP contribution in [0.5, 0.6) is 0 Å². The first-order valence-corrected chi connectivity index (χ1v) is 5.38. The molecule has 15 heavy (non-hydrogen) atoms. The van der Waals surface area contributed by atoms with Gasteiger partial charge in [-0.1, -0.05) is 0 Å². The molecule has 0 amide bonds. The lowest BCUT2D eigenvalue weighted by Crippen LogP contribution is -2.22. The van der Waals surface area contributed by atoms with E-state index in [0.717, 1.165) is 4.47 Å². The molecule has 0 aliphatic carbocycles. The van der Waals surface area contributed by atoms with Gasteiger partial charge in [0, 0.05) is 29.2 Å². The van der Waals surface area contributed by atoms with E-state index < -0.39 is 5.97 Å². The van der Waals surface area contributed by atoms with Gasteiger partial charge < -0.3 is 9.67 Å². The van der Waals surface area contributed by atoms with Crippen molar-refractivity contribution in [1.82, 2.24) is 4.57 Å². The van der Waals surface area contributed by atoms with Gasteiger partial charge in [-0.3, -0.25) is 9.59 Å². The Kier molecular flexibility index (Phi) is 4.08. The number of hydrogen-bond acceptors (Lipinski definition) is 2. The summed E-state index contributed by atoms with van der Waals surface area (Å²) in [6.45, 7) is 2.17. The average Bonchev–Trinajstić information content (AvgIpc) is 2.12. The zero-order valence-electron chi connectivity index (χ0n) is 8.36. The Morgan fingerprint density at radius 2 is 2.27 bits per heavy atom. The summed E-state index contributed by atoms with van der Waals surface area (Å²) in [7, 11) is 0. The first-order chi connectivity index (χ1) is 7.00. The molecule has 5 heteroatoms. The standard InChI is InChI=1S/C10H12BrNO3/c1-7-5-8(11)6-12(10(7)15)4-2-3-9(13)14/h5-6H,2-4H2,1H3,(H,13,14). The van der Waals surface area contributed by atoms with Crippen LogP contribution in [0.4, 0.5) is 0 Å². The van der Waals surface area contributed by atoms with Crippen LogP contribution in [-0.4, -0.2) is 15.6 Å². The number of aromatic nitrogens is 1. The Morgan fingerprint density at radius 1 is 1.60 bits per heavy atom. The first kappa shape index (κ1) is 12.0. The topological polar surface area (TPSA) is 59.3 Å². The van der Waals surface area contributed by atoms with Crippen LogP contribution in [-0.2, 0) is 11.3 Å². The molecule has 1 heterocycles. The number of hydrogen-bond donors (Lipinski definition) is 1. The van der Waals surface area contributed by atoms with Crippen LogP contribution in [0.2, 0.25) is 0 Å². The minimum atomic E-state index is -0.838. The van der Waals surface area contributed by atoms with Gasteiger partial charge in [-0.05, 0) is 35.3 Å². The Morgan fingerprint density at radius 3 is 2.87 bits per heavy atom. The van der Waals surface area contributed by atoms with Crippen molar-refractivity contribution in [3.63, 3.8) is 0 Å². The lowest BCUT2D eigenvalue weighted by Gasteiger charge is -2.06. The summed E-state index contributed by atoms with van der Waals surface area (Å²) in [5.41, 5.74) is 0.586. The molecule has 0 aliphatic rings. The monoisotopic (exact) mass is 273 g/mol. The molecule has 0 saturated heterocycles. The van der Waals surface area contributed by atoms with Crippen molar-refractivity contribution in [3.8, 4) is 0 Å². The van der Waals surface area contributed by atoms with Crippen LogP contribution in [0.15, 0.2) is 21.5 Å². The van der Waals surface area contributed by atoms with Crippen LogP contribution in [0.25, 0.3) is 0 Å². The highest BCUT2D eigenvalue weighted by Gasteiger charge is 2.03. The van der Waals surface area contributed by atoms with Gasteiger partial charge in [0.2, 0.25) is 0 Å².